The Morgan fingerprint density at radius 3 is 2.69 bits per heavy atom. The maximum absolute atomic E-state index is 8.80. The summed E-state index contributed by atoms with van der Waals surface area (Å²) in [5.74, 6) is 0. The standard InChI is InChI=1S/C13H16N3/c1-15-10-4-5-12(15)13-7-6-11(8-9-14)16(13,2)3/h4-7,10H,8H2,1-3H3/q+1. The van der Waals surface area contributed by atoms with Crippen molar-refractivity contribution in [1.82, 2.24) is 4.57 Å². The van der Waals surface area contributed by atoms with E-state index in [1.165, 1.54) is 11.4 Å². The summed E-state index contributed by atoms with van der Waals surface area (Å²) in [6.45, 7) is 0. The quantitative estimate of drug-likeness (QED) is 0.694. The number of aromatic nitrogens is 1. The van der Waals surface area contributed by atoms with Gasteiger partial charge in [-0.3, -0.25) is 4.48 Å². The van der Waals surface area contributed by atoms with Crippen LogP contribution in [0.2, 0.25) is 0 Å². The molecular formula is C13H16N3+. The van der Waals surface area contributed by atoms with Crippen molar-refractivity contribution in [2.75, 3.05) is 14.1 Å². The number of nitrogens with zero attached hydrogens (tertiary/aromatic N) is 3. The largest absolute Gasteiger partial charge is 0.346 e. The van der Waals surface area contributed by atoms with Crippen molar-refractivity contribution < 1.29 is 4.48 Å². The topological polar surface area (TPSA) is 28.7 Å². The summed E-state index contributed by atoms with van der Waals surface area (Å²) in [6.07, 6.45) is 6.70. The maximum Gasteiger partial charge on any atom is 0.161 e. The molecule has 0 bridgehead atoms. The molecule has 82 valence electrons. The predicted molar refractivity (Wildman–Crippen MR) is 63.8 cm³/mol. The van der Waals surface area contributed by atoms with E-state index >= 15 is 0 Å². The first-order valence-electron chi connectivity index (χ1n) is 5.32. The molecule has 16 heavy (non-hydrogen) atoms. The Balaban J connectivity index is 2.37. The number of rotatable bonds is 2. The van der Waals surface area contributed by atoms with Crippen LogP contribution in [0.25, 0.3) is 5.70 Å². The van der Waals surface area contributed by atoms with Crippen molar-refractivity contribution in [2.24, 2.45) is 7.05 Å². The van der Waals surface area contributed by atoms with Crippen LogP contribution in [-0.4, -0.2) is 23.1 Å². The molecule has 1 aliphatic rings. The van der Waals surface area contributed by atoms with E-state index in [1.54, 1.807) is 0 Å². The van der Waals surface area contributed by atoms with Crippen molar-refractivity contribution in [1.29, 1.82) is 5.26 Å². The molecule has 1 aromatic rings. The number of hydrogen-bond donors (Lipinski definition) is 0. The third-order valence-corrected chi connectivity index (χ3v) is 3.22. The monoisotopic (exact) mass is 214 g/mol. The van der Waals surface area contributed by atoms with E-state index < -0.39 is 0 Å². The minimum absolute atomic E-state index is 0.484. The lowest BCUT2D eigenvalue weighted by Gasteiger charge is -2.29. The van der Waals surface area contributed by atoms with Gasteiger partial charge in [-0.2, -0.15) is 5.26 Å². The molecule has 1 aliphatic heterocycles. The smallest absolute Gasteiger partial charge is 0.161 e. The average molecular weight is 214 g/mol. The average Bonchev–Trinajstić information content (AvgIpc) is 2.73. The zero-order valence-electron chi connectivity index (χ0n) is 9.94. The van der Waals surface area contributed by atoms with Crippen LogP contribution in [0.15, 0.2) is 36.2 Å². The zero-order chi connectivity index (χ0) is 11.8. The van der Waals surface area contributed by atoms with Gasteiger partial charge in [-0.1, -0.05) is 0 Å². The molecule has 0 aromatic carbocycles. The molecule has 1 aromatic heterocycles. The highest BCUT2D eigenvalue weighted by Crippen LogP contribution is 2.35. The molecule has 0 unspecified atom stereocenters. The highest BCUT2D eigenvalue weighted by atomic mass is 15.3. The number of nitriles is 1. The van der Waals surface area contributed by atoms with E-state index in [1.807, 2.05) is 19.3 Å². The van der Waals surface area contributed by atoms with Gasteiger partial charge in [0.2, 0.25) is 0 Å². The van der Waals surface area contributed by atoms with Crippen LogP contribution in [0.5, 0.6) is 0 Å². The molecule has 0 N–H and O–H groups in total. The minimum Gasteiger partial charge on any atom is -0.346 e. The molecule has 2 rings (SSSR count). The molecule has 0 spiro atoms. The van der Waals surface area contributed by atoms with E-state index in [2.05, 4.69) is 43.0 Å². The third kappa shape index (κ3) is 1.48. The van der Waals surface area contributed by atoms with Crippen LogP contribution >= 0.6 is 0 Å². The summed E-state index contributed by atoms with van der Waals surface area (Å²) in [5.41, 5.74) is 3.57. The molecule has 3 heteroatoms. The van der Waals surface area contributed by atoms with Gasteiger partial charge < -0.3 is 4.57 Å². The molecule has 0 amide bonds. The number of quaternary nitrogens is 1. The van der Waals surface area contributed by atoms with Crippen molar-refractivity contribution in [2.45, 2.75) is 6.42 Å². The van der Waals surface area contributed by atoms with Crippen LogP contribution in [0, 0.1) is 11.3 Å². The van der Waals surface area contributed by atoms with Crippen LogP contribution < -0.4 is 0 Å². The Kier molecular flexibility index (Phi) is 2.45. The van der Waals surface area contributed by atoms with Gasteiger partial charge in [0.25, 0.3) is 0 Å². The highest BCUT2D eigenvalue weighted by Gasteiger charge is 2.33. The van der Waals surface area contributed by atoms with Crippen molar-refractivity contribution in [3.63, 3.8) is 0 Å². The Morgan fingerprint density at radius 2 is 2.12 bits per heavy atom. The van der Waals surface area contributed by atoms with Crippen molar-refractivity contribution >= 4 is 5.70 Å². The van der Waals surface area contributed by atoms with E-state index in [9.17, 15) is 0 Å². The normalized spacial score (nSPS) is 17.9. The first kappa shape index (κ1) is 10.7. The maximum atomic E-state index is 8.80. The minimum atomic E-state index is 0.484. The second-order valence-electron chi connectivity index (χ2n) is 4.50. The van der Waals surface area contributed by atoms with Crippen LogP contribution in [0.4, 0.5) is 0 Å². The third-order valence-electron chi connectivity index (χ3n) is 3.22. The number of aryl methyl sites for hydroxylation is 1. The van der Waals surface area contributed by atoms with Gasteiger partial charge in [-0.05, 0) is 12.1 Å². The fourth-order valence-corrected chi connectivity index (χ4v) is 2.14. The lowest BCUT2D eigenvalue weighted by Crippen LogP contribution is -2.34. The Bertz CT molecular complexity index is 510. The summed E-state index contributed by atoms with van der Waals surface area (Å²) in [4.78, 5) is 0. The number of hydrogen-bond acceptors (Lipinski definition) is 1. The van der Waals surface area contributed by atoms with Gasteiger partial charge in [0.15, 0.2) is 5.70 Å². The van der Waals surface area contributed by atoms with Crippen LogP contribution in [0.3, 0.4) is 0 Å². The van der Waals surface area contributed by atoms with E-state index in [0.29, 0.717) is 10.9 Å². The highest BCUT2D eigenvalue weighted by molar-refractivity contribution is 5.62. The number of allylic oxidation sites excluding steroid dienone is 3. The molecular weight excluding hydrogens is 198 g/mol. The lowest BCUT2D eigenvalue weighted by molar-refractivity contribution is -0.776. The van der Waals surface area contributed by atoms with Gasteiger partial charge in [0, 0.05) is 25.4 Å². The second kappa shape index (κ2) is 3.66. The fourth-order valence-electron chi connectivity index (χ4n) is 2.14. The molecule has 0 aliphatic carbocycles. The summed E-state index contributed by atoms with van der Waals surface area (Å²) < 4.78 is 2.78. The lowest BCUT2D eigenvalue weighted by atomic mass is 10.2. The molecule has 0 atom stereocenters. The first-order valence-corrected chi connectivity index (χ1v) is 5.32. The summed E-state index contributed by atoms with van der Waals surface area (Å²) >= 11 is 0. The van der Waals surface area contributed by atoms with Gasteiger partial charge in [0.1, 0.15) is 17.8 Å². The van der Waals surface area contributed by atoms with E-state index in [-0.39, 0.29) is 0 Å². The van der Waals surface area contributed by atoms with Crippen LogP contribution in [-0.2, 0) is 7.05 Å². The van der Waals surface area contributed by atoms with Gasteiger partial charge >= 0.3 is 0 Å². The Hall–Kier alpha value is -1.79. The van der Waals surface area contributed by atoms with E-state index in [4.69, 9.17) is 5.26 Å². The summed E-state index contributed by atoms with van der Waals surface area (Å²) in [6, 6.07) is 6.37. The Labute approximate surface area is 96.1 Å². The van der Waals surface area contributed by atoms with Gasteiger partial charge in [0.05, 0.1) is 20.2 Å². The van der Waals surface area contributed by atoms with Crippen molar-refractivity contribution in [3.05, 3.63) is 41.9 Å². The Morgan fingerprint density at radius 1 is 1.38 bits per heavy atom. The summed E-state index contributed by atoms with van der Waals surface area (Å²) in [7, 11) is 6.28. The predicted octanol–water partition coefficient (Wildman–Crippen LogP) is 2.25. The van der Waals surface area contributed by atoms with Gasteiger partial charge in [-0.15, -0.1) is 0 Å². The molecule has 0 saturated heterocycles. The molecule has 0 radical (unpaired) electrons. The van der Waals surface area contributed by atoms with Crippen molar-refractivity contribution in [3.8, 4) is 6.07 Å². The molecule has 2 heterocycles. The second-order valence-corrected chi connectivity index (χ2v) is 4.50. The van der Waals surface area contributed by atoms with Gasteiger partial charge in [-0.25, -0.2) is 0 Å². The fraction of sp³-hybridized carbons (Fsp3) is 0.308. The van der Waals surface area contributed by atoms with E-state index in [0.717, 1.165) is 5.70 Å². The molecule has 0 fully saturated rings. The van der Waals surface area contributed by atoms with Crippen LogP contribution in [0.1, 0.15) is 12.1 Å². The first-order chi connectivity index (χ1) is 7.57. The zero-order valence-corrected chi connectivity index (χ0v) is 9.94. The SMILES string of the molecule is Cn1cccc1C1=CC=C(CC#N)[N+]1(C)C. The summed E-state index contributed by atoms with van der Waals surface area (Å²) in [5, 5.41) is 8.80. The molecule has 0 saturated carbocycles. The molecule has 3 nitrogen and oxygen atoms in total.